The third kappa shape index (κ3) is 4.70. The van der Waals surface area contributed by atoms with E-state index >= 15 is 0 Å². The molecule has 1 aliphatic heterocycles. The average molecular weight is 354 g/mol. The Labute approximate surface area is 143 Å². The van der Waals surface area contributed by atoms with Crippen LogP contribution in [0.4, 0.5) is 5.69 Å². The molecule has 6 nitrogen and oxygen atoms in total. The first-order valence-electron chi connectivity index (χ1n) is 8.42. The number of aromatic hydroxyl groups is 1. The minimum atomic E-state index is -3.20. The quantitative estimate of drug-likeness (QED) is 0.769. The zero-order chi connectivity index (χ0) is 17.7. The topological polar surface area (TPSA) is 86.7 Å². The molecular formula is C17H26N2O4S. The van der Waals surface area contributed by atoms with Crippen molar-refractivity contribution >= 4 is 21.6 Å². The van der Waals surface area contributed by atoms with Crippen LogP contribution in [0.5, 0.6) is 5.75 Å². The SMILES string of the molecule is CCCCS(=O)(=O)N1CCC(C(=O)Nc2ccc(C)cc2O)CC1. The lowest BCUT2D eigenvalue weighted by atomic mass is 9.97. The van der Waals surface area contributed by atoms with E-state index in [2.05, 4.69) is 5.32 Å². The summed E-state index contributed by atoms with van der Waals surface area (Å²) in [4.78, 5) is 12.3. The Morgan fingerprint density at radius 1 is 1.33 bits per heavy atom. The van der Waals surface area contributed by atoms with Crippen LogP contribution in [0.2, 0.25) is 0 Å². The molecular weight excluding hydrogens is 328 g/mol. The van der Waals surface area contributed by atoms with E-state index in [-0.39, 0.29) is 23.3 Å². The highest BCUT2D eigenvalue weighted by molar-refractivity contribution is 7.89. The molecule has 1 saturated heterocycles. The number of phenolic OH excluding ortho intramolecular Hbond substituents is 1. The molecule has 0 unspecified atom stereocenters. The third-order valence-electron chi connectivity index (χ3n) is 4.39. The van der Waals surface area contributed by atoms with Crippen LogP contribution in [-0.2, 0) is 14.8 Å². The van der Waals surface area contributed by atoms with Crippen LogP contribution in [-0.4, -0.2) is 42.6 Å². The summed E-state index contributed by atoms with van der Waals surface area (Å²) in [5.74, 6) is -0.177. The van der Waals surface area contributed by atoms with Crippen molar-refractivity contribution in [2.45, 2.75) is 39.5 Å². The molecule has 1 amide bonds. The minimum absolute atomic E-state index is 0.0444. The highest BCUT2D eigenvalue weighted by Gasteiger charge is 2.30. The molecule has 1 aromatic carbocycles. The Kier molecular flexibility index (Phi) is 6.23. The van der Waals surface area contributed by atoms with E-state index in [0.717, 1.165) is 12.0 Å². The Morgan fingerprint density at radius 3 is 2.58 bits per heavy atom. The number of aryl methyl sites for hydroxylation is 1. The zero-order valence-electron chi connectivity index (χ0n) is 14.3. The number of nitrogens with zero attached hydrogens (tertiary/aromatic N) is 1. The van der Waals surface area contributed by atoms with E-state index in [1.165, 1.54) is 4.31 Å². The maximum atomic E-state index is 12.3. The number of unbranched alkanes of at least 4 members (excludes halogenated alkanes) is 1. The van der Waals surface area contributed by atoms with Crippen molar-refractivity contribution in [3.8, 4) is 5.75 Å². The summed E-state index contributed by atoms with van der Waals surface area (Å²) in [5.41, 5.74) is 1.31. The standard InChI is InChI=1S/C17H26N2O4S/c1-3-4-11-24(22,23)19-9-7-14(8-10-19)17(21)18-15-6-5-13(2)12-16(15)20/h5-6,12,14,20H,3-4,7-11H2,1-2H3,(H,18,21). The van der Waals surface area contributed by atoms with Crippen molar-refractivity contribution < 1.29 is 18.3 Å². The fraction of sp³-hybridized carbons (Fsp3) is 0.588. The number of sulfonamides is 1. The van der Waals surface area contributed by atoms with Gasteiger partial charge in [-0.25, -0.2) is 12.7 Å². The number of carbonyl (C=O) groups is 1. The highest BCUT2D eigenvalue weighted by Crippen LogP contribution is 2.27. The molecule has 1 fully saturated rings. The molecule has 134 valence electrons. The molecule has 1 aliphatic rings. The molecule has 0 atom stereocenters. The first-order valence-corrected chi connectivity index (χ1v) is 10.0. The molecule has 2 N–H and O–H groups in total. The van der Waals surface area contributed by atoms with E-state index in [4.69, 9.17) is 0 Å². The maximum absolute atomic E-state index is 12.3. The predicted octanol–water partition coefficient (Wildman–Crippen LogP) is 2.48. The Bertz CT molecular complexity index is 680. The molecule has 0 aromatic heterocycles. The predicted molar refractivity (Wildman–Crippen MR) is 94.5 cm³/mol. The molecule has 0 aliphatic carbocycles. The van der Waals surface area contributed by atoms with Gasteiger partial charge >= 0.3 is 0 Å². The molecule has 1 heterocycles. The normalized spacial score (nSPS) is 16.9. The second-order valence-corrected chi connectivity index (χ2v) is 8.44. The van der Waals surface area contributed by atoms with Crippen LogP contribution in [0, 0.1) is 12.8 Å². The number of amides is 1. The summed E-state index contributed by atoms with van der Waals surface area (Å²) in [7, 11) is -3.20. The molecule has 0 saturated carbocycles. The summed E-state index contributed by atoms with van der Waals surface area (Å²) in [6, 6.07) is 5.09. The molecule has 1 aromatic rings. The van der Waals surface area contributed by atoms with Gasteiger partial charge in [0.2, 0.25) is 15.9 Å². The van der Waals surface area contributed by atoms with Crippen molar-refractivity contribution in [2.24, 2.45) is 5.92 Å². The first kappa shape index (κ1) is 18.7. The van der Waals surface area contributed by atoms with Crippen molar-refractivity contribution in [1.29, 1.82) is 0 Å². The Hall–Kier alpha value is -1.60. The van der Waals surface area contributed by atoms with Gasteiger partial charge < -0.3 is 10.4 Å². The van der Waals surface area contributed by atoms with Crippen molar-refractivity contribution in [2.75, 3.05) is 24.2 Å². The lowest BCUT2D eigenvalue weighted by Gasteiger charge is -2.30. The lowest BCUT2D eigenvalue weighted by molar-refractivity contribution is -0.120. The molecule has 7 heteroatoms. The fourth-order valence-corrected chi connectivity index (χ4v) is 4.51. The van der Waals surface area contributed by atoms with E-state index in [1.807, 2.05) is 19.9 Å². The van der Waals surface area contributed by atoms with Gasteiger partial charge in [0.25, 0.3) is 0 Å². The molecule has 0 bridgehead atoms. The maximum Gasteiger partial charge on any atom is 0.227 e. The summed E-state index contributed by atoms with van der Waals surface area (Å²) in [6.45, 7) is 4.58. The number of rotatable bonds is 6. The van der Waals surface area contributed by atoms with Crippen LogP contribution in [0.1, 0.15) is 38.2 Å². The van der Waals surface area contributed by atoms with Crippen LogP contribution in [0.25, 0.3) is 0 Å². The number of anilines is 1. The summed E-state index contributed by atoms with van der Waals surface area (Å²) >= 11 is 0. The van der Waals surface area contributed by atoms with Gasteiger partial charge in [-0.2, -0.15) is 0 Å². The van der Waals surface area contributed by atoms with E-state index < -0.39 is 10.0 Å². The van der Waals surface area contributed by atoms with Crippen LogP contribution in [0.15, 0.2) is 18.2 Å². The average Bonchev–Trinajstić information content (AvgIpc) is 2.55. The minimum Gasteiger partial charge on any atom is -0.506 e. The van der Waals surface area contributed by atoms with Crippen LogP contribution in [0.3, 0.4) is 0 Å². The number of hydrogen-bond donors (Lipinski definition) is 2. The molecule has 24 heavy (non-hydrogen) atoms. The van der Waals surface area contributed by atoms with E-state index in [0.29, 0.717) is 38.0 Å². The number of phenols is 1. The number of carbonyl (C=O) groups excluding carboxylic acids is 1. The van der Waals surface area contributed by atoms with Crippen molar-refractivity contribution in [3.63, 3.8) is 0 Å². The summed E-state index contributed by atoms with van der Waals surface area (Å²) in [6.07, 6.45) is 2.52. The number of hydrogen-bond acceptors (Lipinski definition) is 4. The Morgan fingerprint density at radius 2 is 2.00 bits per heavy atom. The van der Waals surface area contributed by atoms with E-state index in [1.54, 1.807) is 12.1 Å². The van der Waals surface area contributed by atoms with Crippen LogP contribution >= 0.6 is 0 Å². The van der Waals surface area contributed by atoms with Crippen molar-refractivity contribution in [1.82, 2.24) is 4.31 Å². The van der Waals surface area contributed by atoms with Crippen LogP contribution < -0.4 is 5.32 Å². The zero-order valence-corrected chi connectivity index (χ0v) is 15.1. The Balaban J connectivity index is 1.91. The molecule has 0 spiro atoms. The first-order chi connectivity index (χ1) is 11.3. The van der Waals surface area contributed by atoms with Gasteiger partial charge in [-0.3, -0.25) is 4.79 Å². The van der Waals surface area contributed by atoms with Gasteiger partial charge in [0.05, 0.1) is 11.4 Å². The molecule has 0 radical (unpaired) electrons. The largest absolute Gasteiger partial charge is 0.506 e. The second-order valence-electron chi connectivity index (χ2n) is 6.35. The van der Waals surface area contributed by atoms with Gasteiger partial charge in [-0.1, -0.05) is 19.4 Å². The van der Waals surface area contributed by atoms with Gasteiger partial charge in [-0.05, 0) is 43.9 Å². The van der Waals surface area contributed by atoms with E-state index in [9.17, 15) is 18.3 Å². The van der Waals surface area contributed by atoms with Gasteiger partial charge in [-0.15, -0.1) is 0 Å². The lowest BCUT2D eigenvalue weighted by Crippen LogP contribution is -2.42. The van der Waals surface area contributed by atoms with Gasteiger partial charge in [0.15, 0.2) is 0 Å². The third-order valence-corrected chi connectivity index (χ3v) is 6.34. The smallest absolute Gasteiger partial charge is 0.227 e. The summed E-state index contributed by atoms with van der Waals surface area (Å²) in [5, 5.41) is 12.6. The highest BCUT2D eigenvalue weighted by atomic mass is 32.2. The monoisotopic (exact) mass is 354 g/mol. The number of benzene rings is 1. The number of piperidine rings is 1. The van der Waals surface area contributed by atoms with Crippen molar-refractivity contribution in [3.05, 3.63) is 23.8 Å². The second kappa shape index (κ2) is 7.98. The van der Waals surface area contributed by atoms with Gasteiger partial charge in [0, 0.05) is 19.0 Å². The van der Waals surface area contributed by atoms with Gasteiger partial charge in [0.1, 0.15) is 5.75 Å². The summed E-state index contributed by atoms with van der Waals surface area (Å²) < 4.78 is 25.9. The number of nitrogens with one attached hydrogen (secondary N) is 1. The molecule has 2 rings (SSSR count). The fourth-order valence-electron chi connectivity index (χ4n) is 2.83.